The summed E-state index contributed by atoms with van der Waals surface area (Å²) in [4.78, 5) is 31.2. The van der Waals surface area contributed by atoms with Gasteiger partial charge in [0, 0.05) is 34.7 Å². The van der Waals surface area contributed by atoms with Crippen LogP contribution in [-0.4, -0.2) is 47.5 Å². The zero-order valence-electron chi connectivity index (χ0n) is 20.1. The van der Waals surface area contributed by atoms with Crippen molar-refractivity contribution in [3.05, 3.63) is 86.3 Å². The molecule has 190 valence electrons. The van der Waals surface area contributed by atoms with E-state index >= 15 is 0 Å². The summed E-state index contributed by atoms with van der Waals surface area (Å²) in [6.07, 6.45) is 1.69. The topological polar surface area (TPSA) is 61.9 Å². The molecule has 1 atom stereocenters. The molecule has 0 spiro atoms. The number of urea groups is 1. The molecule has 3 aromatic rings. The van der Waals surface area contributed by atoms with Gasteiger partial charge in [0.2, 0.25) is 5.91 Å². The van der Waals surface area contributed by atoms with Gasteiger partial charge in [-0.3, -0.25) is 4.79 Å². The molecule has 3 amide bonds. The van der Waals surface area contributed by atoms with Gasteiger partial charge >= 0.3 is 6.03 Å². The number of benzene rings is 2. The number of amides is 3. The number of aryl methyl sites for hydroxylation is 1. The molecule has 1 aliphatic heterocycles. The summed E-state index contributed by atoms with van der Waals surface area (Å²) < 4.78 is 20.1. The second kappa shape index (κ2) is 12.5. The van der Waals surface area contributed by atoms with E-state index < -0.39 is 0 Å². The summed E-state index contributed by atoms with van der Waals surface area (Å²) >= 11 is 5.01. The molecular weight excluding hydrogens is 545 g/mol. The largest absolute Gasteiger partial charge is 0.376 e. The number of halogens is 2. The van der Waals surface area contributed by atoms with Gasteiger partial charge in [-0.15, -0.1) is 11.3 Å². The lowest BCUT2D eigenvalue weighted by Crippen LogP contribution is -2.46. The van der Waals surface area contributed by atoms with Gasteiger partial charge in [0.05, 0.1) is 12.6 Å². The van der Waals surface area contributed by atoms with E-state index in [4.69, 9.17) is 4.74 Å². The minimum Gasteiger partial charge on any atom is -0.376 e. The van der Waals surface area contributed by atoms with Gasteiger partial charge in [0.25, 0.3) is 0 Å². The average molecular weight is 575 g/mol. The van der Waals surface area contributed by atoms with Crippen LogP contribution in [0, 0.1) is 12.7 Å². The molecule has 0 aliphatic carbocycles. The smallest absolute Gasteiger partial charge is 0.322 e. The van der Waals surface area contributed by atoms with Crippen LogP contribution >= 0.6 is 27.3 Å². The predicted octanol–water partition coefficient (Wildman–Crippen LogP) is 6.20. The van der Waals surface area contributed by atoms with Gasteiger partial charge in [0.15, 0.2) is 0 Å². The first kappa shape index (κ1) is 26.3. The zero-order chi connectivity index (χ0) is 25.5. The summed E-state index contributed by atoms with van der Waals surface area (Å²) in [6.45, 7) is 3.65. The molecule has 0 saturated carbocycles. The fourth-order valence-corrected chi connectivity index (χ4v) is 5.39. The highest BCUT2D eigenvalue weighted by molar-refractivity contribution is 9.10. The van der Waals surface area contributed by atoms with Gasteiger partial charge in [-0.1, -0.05) is 34.1 Å². The van der Waals surface area contributed by atoms with Crippen LogP contribution in [0.4, 0.5) is 14.9 Å². The van der Waals surface area contributed by atoms with Crippen LogP contribution in [0.5, 0.6) is 0 Å². The molecule has 1 unspecified atom stereocenters. The Morgan fingerprint density at radius 3 is 2.61 bits per heavy atom. The van der Waals surface area contributed by atoms with Crippen LogP contribution in [0.2, 0.25) is 0 Å². The van der Waals surface area contributed by atoms with Crippen molar-refractivity contribution in [1.29, 1.82) is 0 Å². The van der Waals surface area contributed by atoms with Crippen LogP contribution < -0.4 is 5.32 Å². The lowest BCUT2D eigenvalue weighted by atomic mass is 10.2. The maximum atomic E-state index is 13.6. The zero-order valence-corrected chi connectivity index (χ0v) is 22.5. The molecule has 0 radical (unpaired) electrons. The Morgan fingerprint density at radius 2 is 1.94 bits per heavy atom. The fraction of sp³-hybridized carbons (Fsp3) is 0.333. The quantitative estimate of drug-likeness (QED) is 0.331. The Bertz CT molecular complexity index is 1180. The molecule has 4 rings (SSSR count). The molecule has 2 aromatic carbocycles. The molecule has 1 fully saturated rings. The number of rotatable bonds is 9. The molecule has 6 nitrogen and oxygen atoms in total. The van der Waals surface area contributed by atoms with Crippen molar-refractivity contribution < 1.29 is 18.7 Å². The van der Waals surface area contributed by atoms with Crippen LogP contribution in [0.25, 0.3) is 0 Å². The van der Waals surface area contributed by atoms with E-state index in [-0.39, 0.29) is 30.4 Å². The van der Waals surface area contributed by atoms with E-state index in [9.17, 15) is 14.0 Å². The highest BCUT2D eigenvalue weighted by Gasteiger charge is 2.27. The summed E-state index contributed by atoms with van der Waals surface area (Å²) in [5.41, 5.74) is 2.57. The van der Waals surface area contributed by atoms with Gasteiger partial charge < -0.3 is 19.9 Å². The number of nitrogens with one attached hydrogen (secondary N) is 1. The summed E-state index contributed by atoms with van der Waals surface area (Å²) in [5, 5.41) is 4.90. The van der Waals surface area contributed by atoms with Crippen molar-refractivity contribution in [1.82, 2.24) is 9.80 Å². The van der Waals surface area contributed by atoms with E-state index in [2.05, 4.69) is 21.2 Å². The second-order valence-corrected chi connectivity index (χ2v) is 10.8. The number of thiophene rings is 1. The van der Waals surface area contributed by atoms with E-state index in [1.54, 1.807) is 34.4 Å². The number of anilines is 1. The summed E-state index contributed by atoms with van der Waals surface area (Å²) in [7, 11) is 0. The lowest BCUT2D eigenvalue weighted by Gasteiger charge is -2.29. The normalized spacial score (nSPS) is 15.0. The highest BCUT2D eigenvalue weighted by Crippen LogP contribution is 2.21. The van der Waals surface area contributed by atoms with Crippen molar-refractivity contribution in [2.45, 2.75) is 39.0 Å². The van der Waals surface area contributed by atoms with E-state index in [0.29, 0.717) is 31.9 Å². The minimum absolute atomic E-state index is 0.0920. The second-order valence-electron chi connectivity index (χ2n) is 8.86. The molecule has 1 saturated heterocycles. The number of carbonyl (C=O) groups is 2. The molecule has 1 aliphatic rings. The Labute approximate surface area is 223 Å². The van der Waals surface area contributed by atoms with Crippen molar-refractivity contribution >= 4 is 44.9 Å². The summed E-state index contributed by atoms with van der Waals surface area (Å²) in [5.74, 6) is -0.507. The SMILES string of the molecule is Cc1ccsc1CN(Cc1ccc(F)cc1)C(=O)CN(CC1CCCO1)C(=O)Nc1cccc(Br)c1. The van der Waals surface area contributed by atoms with Crippen molar-refractivity contribution in [3.8, 4) is 0 Å². The maximum absolute atomic E-state index is 13.6. The van der Waals surface area contributed by atoms with Crippen molar-refractivity contribution in [3.63, 3.8) is 0 Å². The van der Waals surface area contributed by atoms with Crippen molar-refractivity contribution in [2.75, 3.05) is 25.0 Å². The van der Waals surface area contributed by atoms with Crippen LogP contribution in [-0.2, 0) is 22.6 Å². The highest BCUT2D eigenvalue weighted by atomic mass is 79.9. The molecule has 1 N–H and O–H groups in total. The monoisotopic (exact) mass is 573 g/mol. The third-order valence-electron chi connectivity index (χ3n) is 6.08. The van der Waals surface area contributed by atoms with E-state index in [1.807, 2.05) is 36.6 Å². The first-order chi connectivity index (χ1) is 17.4. The Morgan fingerprint density at radius 1 is 1.14 bits per heavy atom. The number of hydrogen-bond donors (Lipinski definition) is 1. The number of hydrogen-bond acceptors (Lipinski definition) is 4. The third kappa shape index (κ3) is 7.38. The molecule has 2 heterocycles. The third-order valence-corrected chi connectivity index (χ3v) is 7.58. The Hall–Kier alpha value is -2.75. The minimum atomic E-state index is -0.356. The first-order valence-corrected chi connectivity index (χ1v) is 13.5. The standard InChI is InChI=1S/C27H29BrFN3O3S/c1-19-11-13-36-25(19)17-31(15-20-7-9-22(29)10-8-20)26(33)18-32(16-24-6-3-12-35-24)27(34)30-23-5-2-4-21(28)14-23/h2,4-5,7-11,13-14,24H,3,6,12,15-18H2,1H3,(H,30,34). The first-order valence-electron chi connectivity index (χ1n) is 11.9. The lowest BCUT2D eigenvalue weighted by molar-refractivity contribution is -0.133. The Kier molecular flexibility index (Phi) is 9.12. The van der Waals surface area contributed by atoms with Gasteiger partial charge in [0.1, 0.15) is 12.4 Å². The summed E-state index contributed by atoms with van der Waals surface area (Å²) in [6, 6.07) is 15.1. The van der Waals surface area contributed by atoms with Crippen LogP contribution in [0.3, 0.4) is 0 Å². The van der Waals surface area contributed by atoms with E-state index in [0.717, 1.165) is 33.3 Å². The van der Waals surface area contributed by atoms with Gasteiger partial charge in [-0.25, -0.2) is 9.18 Å². The Balaban J connectivity index is 1.52. The average Bonchev–Trinajstić information content (AvgIpc) is 3.51. The van der Waals surface area contributed by atoms with Gasteiger partial charge in [-0.2, -0.15) is 0 Å². The molecular formula is C27H29BrFN3O3S. The maximum Gasteiger partial charge on any atom is 0.322 e. The number of carbonyl (C=O) groups excluding carboxylic acids is 2. The fourth-order valence-electron chi connectivity index (χ4n) is 4.07. The predicted molar refractivity (Wildman–Crippen MR) is 143 cm³/mol. The van der Waals surface area contributed by atoms with Crippen LogP contribution in [0.15, 0.2) is 64.5 Å². The van der Waals surface area contributed by atoms with Crippen molar-refractivity contribution in [2.24, 2.45) is 0 Å². The number of nitrogens with zero attached hydrogens (tertiary/aromatic N) is 2. The van der Waals surface area contributed by atoms with E-state index in [1.165, 1.54) is 17.0 Å². The van der Waals surface area contributed by atoms with Crippen LogP contribution in [0.1, 0.15) is 28.8 Å². The molecule has 36 heavy (non-hydrogen) atoms. The van der Waals surface area contributed by atoms with Gasteiger partial charge in [-0.05, 0) is 72.7 Å². The molecule has 1 aromatic heterocycles. The molecule has 0 bridgehead atoms. The number of ether oxygens (including phenoxy) is 1. The molecule has 9 heteroatoms.